The molecule has 2 rings (SSSR count). The summed E-state index contributed by atoms with van der Waals surface area (Å²) in [4.78, 5) is 27.3. The molecule has 1 atom stereocenters. The van der Waals surface area contributed by atoms with Crippen molar-refractivity contribution in [3.63, 3.8) is 0 Å². The van der Waals surface area contributed by atoms with Crippen molar-refractivity contribution in [3.05, 3.63) is 29.8 Å². The number of likely N-dealkylation sites (tertiary alicyclic amines) is 1. The number of amides is 2. The molecule has 24 heavy (non-hydrogen) atoms. The van der Waals surface area contributed by atoms with E-state index in [4.69, 9.17) is 4.74 Å². The van der Waals surface area contributed by atoms with Gasteiger partial charge in [-0.05, 0) is 49.8 Å². The molecule has 0 bridgehead atoms. The van der Waals surface area contributed by atoms with Crippen LogP contribution in [0.3, 0.4) is 0 Å². The topological polar surface area (TPSA) is 58.6 Å². The van der Waals surface area contributed by atoms with Gasteiger partial charge in [0.25, 0.3) is 5.91 Å². The average molecular weight is 332 g/mol. The SMILES string of the molecule is COc1cccc(C(=O)N[C@H](CC(C)C)C(=O)N2CCCCC2)c1. The Bertz CT molecular complexity index is 565. The summed E-state index contributed by atoms with van der Waals surface area (Å²) >= 11 is 0. The van der Waals surface area contributed by atoms with Crippen LogP contribution in [0.2, 0.25) is 0 Å². The molecule has 1 heterocycles. The highest BCUT2D eigenvalue weighted by atomic mass is 16.5. The quantitative estimate of drug-likeness (QED) is 0.871. The number of nitrogens with zero attached hydrogens (tertiary/aromatic N) is 1. The molecule has 1 aliphatic rings. The molecular formula is C19H28N2O3. The van der Waals surface area contributed by atoms with Crippen molar-refractivity contribution in [2.24, 2.45) is 5.92 Å². The van der Waals surface area contributed by atoms with Gasteiger partial charge in [-0.2, -0.15) is 0 Å². The number of piperidine rings is 1. The van der Waals surface area contributed by atoms with Crippen molar-refractivity contribution in [1.29, 1.82) is 0 Å². The van der Waals surface area contributed by atoms with Crippen LogP contribution in [0.25, 0.3) is 0 Å². The van der Waals surface area contributed by atoms with Crippen LogP contribution in [0.4, 0.5) is 0 Å². The Labute approximate surface area is 144 Å². The molecule has 0 radical (unpaired) electrons. The van der Waals surface area contributed by atoms with Crippen LogP contribution in [0.15, 0.2) is 24.3 Å². The van der Waals surface area contributed by atoms with Crippen LogP contribution in [0, 0.1) is 5.92 Å². The summed E-state index contributed by atoms with van der Waals surface area (Å²) < 4.78 is 5.16. The van der Waals surface area contributed by atoms with E-state index in [1.807, 2.05) is 4.90 Å². The Morgan fingerprint density at radius 3 is 2.54 bits per heavy atom. The molecule has 0 unspecified atom stereocenters. The first-order valence-corrected chi connectivity index (χ1v) is 8.75. The molecule has 1 aliphatic heterocycles. The van der Waals surface area contributed by atoms with Crippen molar-refractivity contribution in [1.82, 2.24) is 10.2 Å². The van der Waals surface area contributed by atoms with E-state index in [1.165, 1.54) is 6.42 Å². The summed E-state index contributed by atoms with van der Waals surface area (Å²) in [7, 11) is 1.57. The van der Waals surface area contributed by atoms with E-state index < -0.39 is 6.04 Å². The van der Waals surface area contributed by atoms with Gasteiger partial charge < -0.3 is 15.0 Å². The molecule has 5 heteroatoms. The van der Waals surface area contributed by atoms with Crippen molar-refractivity contribution in [2.75, 3.05) is 20.2 Å². The zero-order chi connectivity index (χ0) is 17.5. The molecule has 1 fully saturated rings. The fourth-order valence-corrected chi connectivity index (χ4v) is 3.03. The van der Waals surface area contributed by atoms with E-state index >= 15 is 0 Å². The summed E-state index contributed by atoms with van der Waals surface area (Å²) in [5.41, 5.74) is 0.509. The number of methoxy groups -OCH3 is 1. The Hall–Kier alpha value is -2.04. The van der Waals surface area contributed by atoms with Gasteiger partial charge in [-0.15, -0.1) is 0 Å². The zero-order valence-electron chi connectivity index (χ0n) is 14.9. The van der Waals surface area contributed by atoms with Crippen LogP contribution >= 0.6 is 0 Å². The minimum Gasteiger partial charge on any atom is -0.497 e. The third kappa shape index (κ3) is 4.98. The fourth-order valence-electron chi connectivity index (χ4n) is 3.03. The number of carbonyl (C=O) groups is 2. The van der Waals surface area contributed by atoms with Crippen LogP contribution in [-0.2, 0) is 4.79 Å². The molecule has 1 N–H and O–H groups in total. The Balaban J connectivity index is 2.09. The molecule has 0 aliphatic carbocycles. The summed E-state index contributed by atoms with van der Waals surface area (Å²) in [6.45, 7) is 5.72. The molecule has 0 saturated carbocycles. The Morgan fingerprint density at radius 2 is 1.92 bits per heavy atom. The van der Waals surface area contributed by atoms with Gasteiger partial charge in [0.2, 0.25) is 5.91 Å². The first-order valence-electron chi connectivity index (χ1n) is 8.75. The molecular weight excluding hydrogens is 304 g/mol. The van der Waals surface area contributed by atoms with Crippen LogP contribution in [0.1, 0.15) is 49.9 Å². The lowest BCUT2D eigenvalue weighted by Gasteiger charge is -2.31. The lowest BCUT2D eigenvalue weighted by Crippen LogP contribution is -2.50. The van der Waals surface area contributed by atoms with Gasteiger partial charge >= 0.3 is 0 Å². The molecule has 1 aromatic carbocycles. The average Bonchev–Trinajstić information content (AvgIpc) is 2.60. The lowest BCUT2D eigenvalue weighted by molar-refractivity contribution is -0.134. The van der Waals surface area contributed by atoms with E-state index in [-0.39, 0.29) is 11.8 Å². The molecule has 5 nitrogen and oxygen atoms in total. The second-order valence-electron chi connectivity index (χ2n) is 6.77. The lowest BCUT2D eigenvalue weighted by atomic mass is 10.0. The minimum absolute atomic E-state index is 0.0413. The first kappa shape index (κ1) is 18.3. The second-order valence-corrected chi connectivity index (χ2v) is 6.77. The van der Waals surface area contributed by atoms with Crippen LogP contribution in [-0.4, -0.2) is 43.0 Å². The zero-order valence-corrected chi connectivity index (χ0v) is 14.9. The van der Waals surface area contributed by atoms with Gasteiger partial charge in [0, 0.05) is 18.7 Å². The van der Waals surface area contributed by atoms with Crippen molar-refractivity contribution >= 4 is 11.8 Å². The third-order valence-electron chi connectivity index (χ3n) is 4.31. The Kier molecular flexibility index (Phi) is 6.64. The van der Waals surface area contributed by atoms with Crippen molar-refractivity contribution in [3.8, 4) is 5.75 Å². The smallest absolute Gasteiger partial charge is 0.252 e. The van der Waals surface area contributed by atoms with Gasteiger partial charge in [0.1, 0.15) is 11.8 Å². The molecule has 132 valence electrons. The monoisotopic (exact) mass is 332 g/mol. The number of rotatable bonds is 6. The standard InChI is InChI=1S/C19H28N2O3/c1-14(2)12-17(19(23)21-10-5-4-6-11-21)20-18(22)15-8-7-9-16(13-15)24-3/h7-9,13-14,17H,4-6,10-12H2,1-3H3,(H,20,22)/t17-/m1/s1. The van der Waals surface area contributed by atoms with Gasteiger partial charge in [-0.1, -0.05) is 19.9 Å². The summed E-state index contributed by atoms with van der Waals surface area (Å²) in [6, 6.07) is 6.52. The van der Waals surface area contributed by atoms with Gasteiger partial charge in [-0.25, -0.2) is 0 Å². The third-order valence-corrected chi connectivity index (χ3v) is 4.31. The number of carbonyl (C=O) groups excluding carboxylic acids is 2. The van der Waals surface area contributed by atoms with E-state index in [1.54, 1.807) is 31.4 Å². The summed E-state index contributed by atoms with van der Waals surface area (Å²) in [6.07, 6.45) is 3.91. The van der Waals surface area contributed by atoms with Gasteiger partial charge in [-0.3, -0.25) is 9.59 Å². The highest BCUT2D eigenvalue weighted by Crippen LogP contribution is 2.16. The van der Waals surface area contributed by atoms with E-state index in [0.717, 1.165) is 25.9 Å². The molecule has 1 aromatic rings. The van der Waals surface area contributed by atoms with E-state index in [2.05, 4.69) is 19.2 Å². The van der Waals surface area contributed by atoms with Crippen molar-refractivity contribution in [2.45, 2.75) is 45.6 Å². The minimum atomic E-state index is -0.471. The van der Waals surface area contributed by atoms with Crippen molar-refractivity contribution < 1.29 is 14.3 Å². The largest absolute Gasteiger partial charge is 0.497 e. The highest BCUT2D eigenvalue weighted by Gasteiger charge is 2.27. The van der Waals surface area contributed by atoms with Crippen LogP contribution in [0.5, 0.6) is 5.75 Å². The van der Waals surface area contributed by atoms with Crippen LogP contribution < -0.4 is 10.1 Å². The maximum absolute atomic E-state index is 12.8. The summed E-state index contributed by atoms with van der Waals surface area (Å²) in [5.74, 6) is 0.768. The first-order chi connectivity index (χ1) is 11.5. The fraction of sp³-hybridized carbons (Fsp3) is 0.579. The molecule has 0 aromatic heterocycles. The number of hydrogen-bond donors (Lipinski definition) is 1. The highest BCUT2D eigenvalue weighted by molar-refractivity contribution is 5.97. The normalized spacial score (nSPS) is 15.9. The predicted molar refractivity (Wildman–Crippen MR) is 94.1 cm³/mol. The van der Waals surface area contributed by atoms with Gasteiger partial charge in [0.05, 0.1) is 7.11 Å². The maximum Gasteiger partial charge on any atom is 0.252 e. The molecule has 0 spiro atoms. The van der Waals surface area contributed by atoms with E-state index in [0.29, 0.717) is 23.7 Å². The van der Waals surface area contributed by atoms with E-state index in [9.17, 15) is 9.59 Å². The molecule has 2 amide bonds. The number of benzene rings is 1. The predicted octanol–water partition coefficient (Wildman–Crippen LogP) is 2.85. The second kappa shape index (κ2) is 8.71. The molecule has 1 saturated heterocycles. The number of ether oxygens (including phenoxy) is 1. The number of hydrogen-bond acceptors (Lipinski definition) is 3. The van der Waals surface area contributed by atoms with Gasteiger partial charge in [0.15, 0.2) is 0 Å². The maximum atomic E-state index is 12.8. The summed E-state index contributed by atoms with van der Waals surface area (Å²) in [5, 5.41) is 2.93. The Morgan fingerprint density at radius 1 is 1.21 bits per heavy atom. The number of nitrogens with one attached hydrogen (secondary N) is 1.